The van der Waals surface area contributed by atoms with Gasteiger partial charge in [-0.05, 0) is 12.8 Å². The highest BCUT2D eigenvalue weighted by molar-refractivity contribution is 7.46. The summed E-state index contributed by atoms with van der Waals surface area (Å²) in [6, 6.07) is 0. The van der Waals surface area contributed by atoms with E-state index in [9.17, 15) is 9.67 Å². The Bertz CT molecular complexity index is 665. The zero-order valence-electron chi connectivity index (χ0n) is 33.4. The van der Waals surface area contributed by atoms with E-state index in [0.717, 1.165) is 25.7 Å². The molecule has 9 heteroatoms. The van der Waals surface area contributed by atoms with E-state index in [1.54, 1.807) is 0 Å². The number of nitrogens with two attached hydrogens (primary N) is 1. The first-order valence-electron chi connectivity index (χ1n) is 21.6. The van der Waals surface area contributed by atoms with E-state index in [4.69, 9.17) is 25.4 Å². The van der Waals surface area contributed by atoms with Crippen molar-refractivity contribution in [3.05, 3.63) is 0 Å². The number of unbranched alkanes of at least 4 members (excludes halogenated alkanes) is 30. The van der Waals surface area contributed by atoms with Crippen LogP contribution in [0.5, 0.6) is 0 Å². The van der Waals surface area contributed by atoms with E-state index in [1.165, 1.54) is 180 Å². The molecule has 50 heavy (non-hydrogen) atoms. The molecule has 0 bridgehead atoms. The second-order valence-corrected chi connectivity index (χ2v) is 15.9. The van der Waals surface area contributed by atoms with Gasteiger partial charge in [-0.2, -0.15) is 0 Å². The van der Waals surface area contributed by atoms with Crippen molar-refractivity contribution in [1.29, 1.82) is 0 Å². The molecule has 0 aromatic heterocycles. The van der Waals surface area contributed by atoms with Crippen LogP contribution in [0, 0.1) is 0 Å². The highest BCUT2D eigenvalue weighted by Crippen LogP contribution is 2.36. The maximum absolute atomic E-state index is 11.1. The van der Waals surface area contributed by atoms with Gasteiger partial charge in [0.2, 0.25) is 0 Å². The number of hydrogen-bond acceptors (Lipinski definition) is 6. The molecule has 2 unspecified atom stereocenters. The monoisotopic (exact) mass is 738 g/mol. The lowest BCUT2D eigenvalue weighted by atomic mass is 10.0. The number of phosphoric acid groups is 1. The molecule has 0 fully saturated rings. The third-order valence-electron chi connectivity index (χ3n) is 9.64. The quantitative estimate of drug-likeness (QED) is 0.0309. The van der Waals surface area contributed by atoms with Gasteiger partial charge in [0.25, 0.3) is 0 Å². The molecule has 0 aromatic rings. The molecule has 0 aliphatic rings. The summed E-state index contributed by atoms with van der Waals surface area (Å²) in [5.41, 5.74) is 4.78. The van der Waals surface area contributed by atoms with Gasteiger partial charge >= 0.3 is 7.82 Å². The summed E-state index contributed by atoms with van der Waals surface area (Å²) in [5, 5.41) is 18.3. The van der Waals surface area contributed by atoms with Gasteiger partial charge in [0.05, 0.1) is 19.3 Å². The van der Waals surface area contributed by atoms with Crippen molar-refractivity contribution in [2.24, 2.45) is 5.73 Å². The Balaban J connectivity index is 0. The second-order valence-electron chi connectivity index (χ2n) is 14.7. The van der Waals surface area contributed by atoms with Crippen LogP contribution >= 0.6 is 7.82 Å². The van der Waals surface area contributed by atoms with Gasteiger partial charge in [-0.1, -0.05) is 213 Å². The third-order valence-corrected chi connectivity index (χ3v) is 10.1. The Morgan fingerprint density at radius 3 is 1.08 bits per heavy atom. The van der Waals surface area contributed by atoms with E-state index < -0.39 is 26.6 Å². The van der Waals surface area contributed by atoms with Crippen LogP contribution in [0.25, 0.3) is 0 Å². The minimum atomic E-state index is -4.60. The first-order chi connectivity index (χ1) is 24.3. The molecule has 0 saturated carbocycles. The predicted octanol–water partition coefficient (Wildman–Crippen LogP) is 11.7. The Hall–Kier alpha value is -0.0500. The zero-order valence-corrected chi connectivity index (χ0v) is 34.3. The SMILES string of the molecule is CCCCCCCCCCCCCCCCCCOC(CCCCCCCCCCCCCCCCCC)C(O)COP(=O)(O)O.NCCO. The smallest absolute Gasteiger partial charge is 0.395 e. The fourth-order valence-corrected chi connectivity index (χ4v) is 6.79. The van der Waals surface area contributed by atoms with E-state index in [2.05, 4.69) is 18.4 Å². The van der Waals surface area contributed by atoms with Crippen molar-refractivity contribution in [3.8, 4) is 0 Å². The largest absolute Gasteiger partial charge is 0.469 e. The fraction of sp³-hybridized carbons (Fsp3) is 1.00. The van der Waals surface area contributed by atoms with Gasteiger partial charge in [0.15, 0.2) is 0 Å². The molecule has 0 amide bonds. The maximum atomic E-state index is 11.1. The third kappa shape index (κ3) is 46.0. The number of rotatable bonds is 40. The molecule has 0 aromatic carbocycles. The molecular weight excluding hydrogens is 649 g/mol. The van der Waals surface area contributed by atoms with E-state index in [1.807, 2.05) is 0 Å². The fourth-order valence-electron chi connectivity index (χ4n) is 6.45. The average molecular weight is 738 g/mol. The second kappa shape index (κ2) is 43.4. The van der Waals surface area contributed by atoms with Crippen molar-refractivity contribution in [2.75, 3.05) is 26.4 Å². The highest BCUT2D eigenvalue weighted by Gasteiger charge is 2.24. The van der Waals surface area contributed by atoms with Crippen molar-refractivity contribution >= 4 is 7.82 Å². The van der Waals surface area contributed by atoms with Crippen LogP contribution in [0.4, 0.5) is 0 Å². The summed E-state index contributed by atoms with van der Waals surface area (Å²) in [5.74, 6) is 0. The minimum absolute atomic E-state index is 0.0972. The van der Waals surface area contributed by atoms with Crippen molar-refractivity contribution in [1.82, 2.24) is 0 Å². The van der Waals surface area contributed by atoms with E-state index >= 15 is 0 Å². The summed E-state index contributed by atoms with van der Waals surface area (Å²) in [6.07, 6.45) is 41.5. The van der Waals surface area contributed by atoms with Crippen LogP contribution in [-0.4, -0.2) is 58.6 Å². The van der Waals surface area contributed by atoms with Crippen LogP contribution in [0.2, 0.25) is 0 Å². The number of aliphatic hydroxyl groups excluding tert-OH is 2. The number of phosphoric ester groups is 1. The summed E-state index contributed by atoms with van der Waals surface area (Å²) >= 11 is 0. The summed E-state index contributed by atoms with van der Waals surface area (Å²) < 4.78 is 21.7. The lowest BCUT2D eigenvalue weighted by Crippen LogP contribution is -2.33. The average Bonchev–Trinajstić information content (AvgIpc) is 3.10. The molecule has 0 aliphatic carbocycles. The van der Waals surface area contributed by atoms with Gasteiger partial charge in [-0.25, -0.2) is 4.57 Å². The minimum Gasteiger partial charge on any atom is -0.395 e. The summed E-state index contributed by atoms with van der Waals surface area (Å²) in [6.45, 7) is 5.21. The van der Waals surface area contributed by atoms with E-state index in [0.29, 0.717) is 19.6 Å². The van der Waals surface area contributed by atoms with Crippen LogP contribution < -0.4 is 5.73 Å². The van der Waals surface area contributed by atoms with Gasteiger partial charge in [0.1, 0.15) is 6.10 Å². The predicted molar refractivity (Wildman–Crippen MR) is 214 cm³/mol. The Morgan fingerprint density at radius 1 is 0.520 bits per heavy atom. The van der Waals surface area contributed by atoms with Crippen LogP contribution in [0.3, 0.4) is 0 Å². The number of hydrogen-bond donors (Lipinski definition) is 5. The number of aliphatic hydroxyl groups is 2. The van der Waals surface area contributed by atoms with Gasteiger partial charge in [-0.3, -0.25) is 4.52 Å². The first kappa shape index (κ1) is 52.1. The molecule has 8 nitrogen and oxygen atoms in total. The standard InChI is InChI=1S/C39H81O6P.C2H7NO/c1-3-5-7-9-11-13-15-17-19-21-23-25-27-29-31-33-35-39(38(40)37-45-46(41,42)43)44-36-34-32-30-28-26-24-22-20-18-16-14-12-10-8-6-4-2;3-1-2-4/h38-40H,3-37H2,1-2H3,(H2,41,42,43);4H,1-3H2. The molecule has 0 aliphatic heterocycles. The Labute approximate surface area is 311 Å². The van der Waals surface area contributed by atoms with Crippen molar-refractivity contribution in [3.63, 3.8) is 0 Å². The molecule has 2 atom stereocenters. The molecule has 0 heterocycles. The van der Waals surface area contributed by atoms with Gasteiger partial charge in [0, 0.05) is 13.2 Å². The van der Waals surface area contributed by atoms with Gasteiger partial charge < -0.3 is 30.5 Å². The molecule has 0 rings (SSSR count). The van der Waals surface area contributed by atoms with Crippen LogP contribution in [-0.2, 0) is 13.8 Å². The molecular formula is C41H88NO7P. The first-order valence-corrected chi connectivity index (χ1v) is 23.2. The van der Waals surface area contributed by atoms with Crippen LogP contribution in [0.1, 0.15) is 226 Å². The normalized spacial score (nSPS) is 12.9. The Kier molecular flexibility index (Phi) is 45.1. The Morgan fingerprint density at radius 2 is 0.800 bits per heavy atom. The maximum Gasteiger partial charge on any atom is 0.469 e. The van der Waals surface area contributed by atoms with Crippen molar-refractivity contribution < 1.29 is 33.8 Å². The van der Waals surface area contributed by atoms with Crippen molar-refractivity contribution in [2.45, 2.75) is 238 Å². The number of ether oxygens (including phenoxy) is 1. The zero-order chi connectivity index (χ0) is 37.2. The van der Waals surface area contributed by atoms with Gasteiger partial charge in [-0.15, -0.1) is 0 Å². The lowest BCUT2D eigenvalue weighted by Gasteiger charge is -2.23. The molecule has 6 N–H and O–H groups in total. The molecule has 0 spiro atoms. The van der Waals surface area contributed by atoms with Crippen LogP contribution in [0.15, 0.2) is 0 Å². The topological polar surface area (TPSA) is 142 Å². The molecule has 0 saturated heterocycles. The van der Waals surface area contributed by atoms with E-state index in [-0.39, 0.29) is 6.61 Å². The molecule has 0 radical (unpaired) electrons. The molecule has 304 valence electrons. The summed E-state index contributed by atoms with van der Waals surface area (Å²) in [7, 11) is -4.60. The summed E-state index contributed by atoms with van der Waals surface area (Å²) in [4.78, 5) is 18.1. The lowest BCUT2D eigenvalue weighted by molar-refractivity contribution is -0.0620. The highest BCUT2D eigenvalue weighted by atomic mass is 31.2.